The summed E-state index contributed by atoms with van der Waals surface area (Å²) in [5, 5.41) is 9.25. The topological polar surface area (TPSA) is 74.8 Å². The summed E-state index contributed by atoms with van der Waals surface area (Å²) in [5.74, 6) is 0.750. The summed E-state index contributed by atoms with van der Waals surface area (Å²) < 4.78 is 19.2. The molecule has 2 rings (SSSR count). The zero-order chi connectivity index (χ0) is 21.1. The van der Waals surface area contributed by atoms with E-state index in [2.05, 4.69) is 20.9 Å². The smallest absolute Gasteiger partial charge is 0.221 e. The summed E-state index contributed by atoms with van der Waals surface area (Å²) in [4.78, 5) is 15.8. The molecule has 0 fully saturated rings. The van der Waals surface area contributed by atoms with Crippen LogP contribution in [0.15, 0.2) is 53.5 Å². The number of hydrogen-bond donors (Lipinski definition) is 3. The van der Waals surface area contributed by atoms with Gasteiger partial charge >= 0.3 is 0 Å². The molecule has 6 nitrogen and oxygen atoms in total. The van der Waals surface area contributed by atoms with E-state index in [1.807, 2.05) is 38.1 Å². The van der Waals surface area contributed by atoms with Crippen molar-refractivity contribution in [2.24, 2.45) is 4.99 Å². The van der Waals surface area contributed by atoms with Gasteiger partial charge in [0.15, 0.2) is 5.96 Å². The van der Waals surface area contributed by atoms with Gasteiger partial charge in [-0.1, -0.05) is 25.1 Å². The number of hydrogen-bond acceptors (Lipinski definition) is 3. The first-order chi connectivity index (χ1) is 14.0. The van der Waals surface area contributed by atoms with Crippen molar-refractivity contribution < 1.29 is 13.9 Å². The molecule has 1 atom stereocenters. The Morgan fingerprint density at radius 3 is 2.62 bits per heavy atom. The number of guanidine groups is 1. The molecule has 0 saturated carbocycles. The predicted octanol–water partition coefficient (Wildman–Crippen LogP) is 3.70. The minimum absolute atomic E-state index is 0.107. The Bertz CT molecular complexity index is 826. The van der Waals surface area contributed by atoms with Gasteiger partial charge in [-0.3, -0.25) is 4.79 Å². The highest BCUT2D eigenvalue weighted by atomic mass is 19.1. The number of carbonyl (C=O) groups excluding carboxylic acids is 1. The van der Waals surface area contributed by atoms with Gasteiger partial charge in [-0.25, -0.2) is 9.38 Å². The lowest BCUT2D eigenvalue weighted by atomic mass is 10.2. The second-order valence-electron chi connectivity index (χ2n) is 6.56. The highest BCUT2D eigenvalue weighted by molar-refractivity contribution is 5.88. The Hall–Kier alpha value is -3.09. The molecular formula is C22H29FN4O2. The molecule has 0 aromatic heterocycles. The average molecular weight is 400 g/mol. The van der Waals surface area contributed by atoms with E-state index in [1.165, 1.54) is 19.1 Å². The second-order valence-corrected chi connectivity index (χ2v) is 6.56. The van der Waals surface area contributed by atoms with Crippen LogP contribution in [-0.4, -0.2) is 31.1 Å². The second kappa shape index (κ2) is 11.7. The third kappa shape index (κ3) is 8.21. The molecule has 3 N–H and O–H groups in total. The summed E-state index contributed by atoms with van der Waals surface area (Å²) >= 11 is 0. The van der Waals surface area contributed by atoms with Crippen LogP contribution in [0.5, 0.6) is 5.75 Å². The maximum Gasteiger partial charge on any atom is 0.221 e. The fraction of sp³-hybridized carbons (Fsp3) is 0.364. The maximum atomic E-state index is 13.3. The third-order valence-electron chi connectivity index (χ3n) is 4.06. The predicted molar refractivity (Wildman–Crippen MR) is 115 cm³/mol. The van der Waals surface area contributed by atoms with E-state index in [0.717, 1.165) is 24.2 Å². The van der Waals surface area contributed by atoms with Gasteiger partial charge in [-0.2, -0.15) is 0 Å². The average Bonchev–Trinajstić information content (AvgIpc) is 2.69. The van der Waals surface area contributed by atoms with Gasteiger partial charge in [0.05, 0.1) is 13.1 Å². The molecule has 0 radical (unpaired) electrons. The van der Waals surface area contributed by atoms with Gasteiger partial charge in [0.25, 0.3) is 0 Å². The highest BCUT2D eigenvalue weighted by Crippen LogP contribution is 2.15. The zero-order valence-corrected chi connectivity index (χ0v) is 17.2. The maximum absolute atomic E-state index is 13.3. The van der Waals surface area contributed by atoms with Crippen LogP contribution in [0.1, 0.15) is 32.8 Å². The Morgan fingerprint density at radius 1 is 1.14 bits per heavy atom. The number of aliphatic imine (C=N–C) groups is 1. The molecule has 29 heavy (non-hydrogen) atoms. The number of nitrogens with one attached hydrogen (secondary N) is 3. The van der Waals surface area contributed by atoms with Crippen molar-refractivity contribution in [1.82, 2.24) is 10.6 Å². The van der Waals surface area contributed by atoms with Crippen molar-refractivity contribution in [2.45, 2.75) is 39.8 Å². The van der Waals surface area contributed by atoms with Crippen molar-refractivity contribution in [1.29, 1.82) is 0 Å². The van der Waals surface area contributed by atoms with E-state index in [4.69, 9.17) is 4.74 Å². The summed E-state index contributed by atoms with van der Waals surface area (Å²) in [5.41, 5.74) is 1.73. The van der Waals surface area contributed by atoms with Crippen molar-refractivity contribution >= 4 is 17.6 Å². The van der Waals surface area contributed by atoms with E-state index in [9.17, 15) is 9.18 Å². The Morgan fingerprint density at radius 2 is 1.93 bits per heavy atom. The molecule has 7 heteroatoms. The minimum Gasteiger partial charge on any atom is -0.489 e. The molecular weight excluding hydrogens is 371 g/mol. The lowest BCUT2D eigenvalue weighted by Crippen LogP contribution is -2.42. The number of rotatable bonds is 9. The van der Waals surface area contributed by atoms with Crippen LogP contribution >= 0.6 is 0 Å². The molecule has 0 aliphatic heterocycles. The summed E-state index contributed by atoms with van der Waals surface area (Å²) in [6.45, 7) is 7.21. The number of halogens is 1. The van der Waals surface area contributed by atoms with Crippen molar-refractivity contribution in [3.05, 3.63) is 59.9 Å². The number of anilines is 1. The number of amides is 1. The van der Waals surface area contributed by atoms with Crippen molar-refractivity contribution in [3.63, 3.8) is 0 Å². The van der Waals surface area contributed by atoms with Gasteiger partial charge < -0.3 is 20.7 Å². The van der Waals surface area contributed by atoms with E-state index >= 15 is 0 Å². The molecule has 1 amide bonds. The normalized spacial score (nSPS) is 12.2. The molecule has 0 spiro atoms. The van der Waals surface area contributed by atoms with Crippen LogP contribution in [0.4, 0.5) is 10.1 Å². The van der Waals surface area contributed by atoms with Crippen LogP contribution in [0, 0.1) is 5.82 Å². The molecule has 2 aromatic carbocycles. The van der Waals surface area contributed by atoms with Crippen LogP contribution in [0.3, 0.4) is 0 Å². The molecule has 0 bridgehead atoms. The third-order valence-corrected chi connectivity index (χ3v) is 4.06. The monoisotopic (exact) mass is 400 g/mol. The molecule has 0 heterocycles. The summed E-state index contributed by atoms with van der Waals surface area (Å²) in [7, 11) is 0. The van der Waals surface area contributed by atoms with Crippen molar-refractivity contribution in [2.75, 3.05) is 18.4 Å². The molecule has 0 saturated heterocycles. The fourth-order valence-electron chi connectivity index (χ4n) is 2.68. The molecule has 2 aromatic rings. The fourth-order valence-corrected chi connectivity index (χ4v) is 2.68. The summed E-state index contributed by atoms with van der Waals surface area (Å²) in [6.07, 6.45) is 0.644. The standard InChI is InChI=1S/C22H29FN4O2/c1-4-20(29-21-11-7-9-18(23)13-21)15-26-22(24-5-2)25-14-17-8-6-10-19(12-17)27-16(3)28/h6-13,20H,4-5,14-15H2,1-3H3,(H,27,28)(H2,24,25,26). The van der Waals surface area contributed by atoms with Gasteiger partial charge in [0.1, 0.15) is 17.7 Å². The summed E-state index contributed by atoms with van der Waals surface area (Å²) in [6, 6.07) is 13.7. The van der Waals surface area contributed by atoms with Crippen LogP contribution in [-0.2, 0) is 11.3 Å². The zero-order valence-electron chi connectivity index (χ0n) is 17.2. The Balaban J connectivity index is 1.96. The van der Waals surface area contributed by atoms with Crippen molar-refractivity contribution in [3.8, 4) is 5.75 Å². The van der Waals surface area contributed by atoms with Gasteiger partial charge in [0.2, 0.25) is 5.91 Å². The van der Waals surface area contributed by atoms with E-state index in [1.54, 1.807) is 12.1 Å². The van der Waals surface area contributed by atoms with Gasteiger partial charge in [-0.05, 0) is 43.2 Å². The largest absolute Gasteiger partial charge is 0.489 e. The number of benzene rings is 2. The van der Waals surface area contributed by atoms with Crippen LogP contribution in [0.25, 0.3) is 0 Å². The molecule has 0 aliphatic carbocycles. The Labute approximate surface area is 171 Å². The van der Waals surface area contributed by atoms with Crippen LogP contribution < -0.4 is 20.7 Å². The SMILES string of the molecule is CCNC(=NCc1cccc(NC(C)=O)c1)NCC(CC)Oc1cccc(F)c1. The van der Waals surface area contributed by atoms with E-state index in [0.29, 0.717) is 24.8 Å². The Kier molecular flexibility index (Phi) is 8.95. The molecule has 1 unspecified atom stereocenters. The number of ether oxygens (including phenoxy) is 1. The number of nitrogens with zero attached hydrogens (tertiary/aromatic N) is 1. The highest BCUT2D eigenvalue weighted by Gasteiger charge is 2.10. The lowest BCUT2D eigenvalue weighted by Gasteiger charge is -2.20. The first-order valence-electron chi connectivity index (χ1n) is 9.81. The van der Waals surface area contributed by atoms with Gasteiger partial charge in [0, 0.05) is 25.2 Å². The number of carbonyl (C=O) groups is 1. The molecule has 156 valence electrons. The quantitative estimate of drug-likeness (QED) is 0.443. The first-order valence-corrected chi connectivity index (χ1v) is 9.81. The minimum atomic E-state index is -0.318. The van der Waals surface area contributed by atoms with E-state index < -0.39 is 0 Å². The molecule has 0 aliphatic rings. The van der Waals surface area contributed by atoms with Gasteiger partial charge in [-0.15, -0.1) is 0 Å². The lowest BCUT2D eigenvalue weighted by molar-refractivity contribution is -0.114. The van der Waals surface area contributed by atoms with E-state index in [-0.39, 0.29) is 17.8 Å². The first kappa shape index (κ1) is 22.2. The van der Waals surface area contributed by atoms with Crippen LogP contribution in [0.2, 0.25) is 0 Å².